The summed E-state index contributed by atoms with van der Waals surface area (Å²) in [5.74, 6) is -0.341. The van der Waals surface area contributed by atoms with E-state index in [0.29, 0.717) is 58.9 Å². The van der Waals surface area contributed by atoms with Crippen molar-refractivity contribution in [2.24, 2.45) is 0 Å². The fourth-order valence-electron chi connectivity index (χ4n) is 3.83. The first-order valence-corrected chi connectivity index (χ1v) is 13.2. The van der Waals surface area contributed by atoms with Gasteiger partial charge in [-0.25, -0.2) is 0 Å². The molecule has 0 amide bonds. The van der Waals surface area contributed by atoms with Gasteiger partial charge in [0.25, 0.3) is 20.2 Å². The molecule has 2 fully saturated rings. The smallest absolute Gasteiger partial charge is 0.271 e. The van der Waals surface area contributed by atoms with Gasteiger partial charge < -0.3 is 10.2 Å². The lowest BCUT2D eigenvalue weighted by Gasteiger charge is -2.38. The van der Waals surface area contributed by atoms with E-state index in [0.717, 1.165) is 0 Å². The number of aliphatic hydroxyl groups excluding tert-OH is 2. The zero-order valence-corrected chi connectivity index (χ0v) is 18.7. The molecule has 0 aromatic rings. The first kappa shape index (κ1) is 25.8. The molecule has 0 aromatic heterocycles. The lowest BCUT2D eigenvalue weighted by atomic mass is 10.2. The predicted octanol–water partition coefficient (Wildman–Crippen LogP) is -3.28. The average Bonchev–Trinajstić information content (AvgIpc) is 2.65. The number of hydrogen-bond acceptors (Lipinski definition) is 10. The van der Waals surface area contributed by atoms with Crippen LogP contribution < -0.4 is 0 Å². The topological polar surface area (TPSA) is 162 Å². The van der Waals surface area contributed by atoms with Gasteiger partial charge in [0.05, 0.1) is 18.5 Å². The average molecular weight is 475 g/mol. The lowest BCUT2D eigenvalue weighted by molar-refractivity contribution is 0.0566. The Kier molecular flexibility index (Phi) is 9.86. The first-order valence-electron chi connectivity index (χ1n) is 10.1. The van der Waals surface area contributed by atoms with Crippen LogP contribution in [0.2, 0.25) is 0 Å². The van der Waals surface area contributed by atoms with Crippen molar-refractivity contribution < 1.29 is 36.2 Å². The Balaban J connectivity index is 1.83. The molecule has 0 spiro atoms. The van der Waals surface area contributed by atoms with Gasteiger partial charge in [0.2, 0.25) is 0 Å². The summed E-state index contributed by atoms with van der Waals surface area (Å²) in [6, 6.07) is 0. The monoisotopic (exact) mass is 474 g/mol. The van der Waals surface area contributed by atoms with Crippen molar-refractivity contribution in [3.63, 3.8) is 0 Å². The van der Waals surface area contributed by atoms with Crippen LogP contribution in [0, 0.1) is 0 Å². The number of nitrogens with zero attached hydrogens (tertiary/aromatic N) is 4. The van der Waals surface area contributed by atoms with Crippen molar-refractivity contribution in [3.05, 3.63) is 0 Å². The first-order chi connectivity index (χ1) is 14.0. The minimum absolute atomic E-state index is 0.0291. The highest BCUT2D eigenvalue weighted by Crippen LogP contribution is 2.13. The molecule has 4 N–H and O–H groups in total. The third-order valence-corrected chi connectivity index (χ3v) is 7.63. The molecular formula is C16H34N4O8S2. The molecule has 2 rings (SSSR count). The van der Waals surface area contributed by atoms with Gasteiger partial charge in [-0.3, -0.25) is 28.7 Å². The van der Waals surface area contributed by atoms with Gasteiger partial charge >= 0.3 is 0 Å². The van der Waals surface area contributed by atoms with Gasteiger partial charge in [-0.05, 0) is 0 Å². The minimum atomic E-state index is -4.45. The van der Waals surface area contributed by atoms with E-state index in [4.69, 9.17) is 9.66 Å². The van der Waals surface area contributed by atoms with E-state index in [2.05, 4.69) is 4.90 Å². The van der Waals surface area contributed by atoms with Crippen LogP contribution in [0.5, 0.6) is 0 Å². The summed E-state index contributed by atoms with van der Waals surface area (Å²) in [5.41, 5.74) is 0. The maximum Gasteiger partial charge on any atom is 0.271 e. The minimum Gasteiger partial charge on any atom is -0.395 e. The number of piperazine rings is 2. The molecule has 0 bridgehead atoms. The zero-order valence-electron chi connectivity index (χ0n) is 17.1. The SMILES string of the molecule is O=S(=O)(O)CCN1CCN(CC(O)C(CN2CCN(CCO)CC2)S(=O)(=O)O)CC1. The Morgan fingerprint density at radius 2 is 1.13 bits per heavy atom. The molecule has 0 radical (unpaired) electrons. The summed E-state index contributed by atoms with van der Waals surface area (Å²) >= 11 is 0. The van der Waals surface area contributed by atoms with E-state index in [1.165, 1.54) is 0 Å². The van der Waals surface area contributed by atoms with Crippen molar-refractivity contribution in [1.82, 2.24) is 19.6 Å². The van der Waals surface area contributed by atoms with E-state index in [1.807, 2.05) is 14.7 Å². The summed E-state index contributed by atoms with van der Waals surface area (Å²) in [6.07, 6.45) is -1.26. The molecule has 14 heteroatoms. The summed E-state index contributed by atoms with van der Waals surface area (Å²) in [6.45, 7) is 5.59. The quantitative estimate of drug-likeness (QED) is 0.221. The van der Waals surface area contributed by atoms with Crippen LogP contribution in [-0.2, 0) is 20.2 Å². The normalized spacial score (nSPS) is 23.5. The molecule has 0 saturated carbocycles. The largest absolute Gasteiger partial charge is 0.395 e. The fourth-order valence-corrected chi connectivity index (χ4v) is 5.20. The third kappa shape index (κ3) is 8.98. The molecule has 2 unspecified atom stereocenters. The molecule has 178 valence electrons. The third-order valence-electron chi connectivity index (χ3n) is 5.71. The molecule has 2 aliphatic rings. The van der Waals surface area contributed by atoms with Crippen molar-refractivity contribution in [1.29, 1.82) is 0 Å². The van der Waals surface area contributed by atoms with Crippen LogP contribution in [0.25, 0.3) is 0 Å². The van der Waals surface area contributed by atoms with Crippen molar-refractivity contribution >= 4 is 20.2 Å². The molecule has 2 heterocycles. The van der Waals surface area contributed by atoms with Crippen molar-refractivity contribution in [2.75, 3.05) is 90.9 Å². The molecule has 0 aromatic carbocycles. The molecule has 12 nitrogen and oxygen atoms in total. The molecule has 30 heavy (non-hydrogen) atoms. The van der Waals surface area contributed by atoms with Gasteiger partial charge in [-0.15, -0.1) is 0 Å². The van der Waals surface area contributed by atoms with Gasteiger partial charge in [0.15, 0.2) is 0 Å². The lowest BCUT2D eigenvalue weighted by Crippen LogP contribution is -2.55. The number of β-amino-alcohol motifs (C(OH)–C–C–N with tert-alkyl or cyclic N) is 2. The summed E-state index contributed by atoms with van der Waals surface area (Å²) < 4.78 is 64.0. The number of hydrogen-bond donors (Lipinski definition) is 4. The molecule has 2 saturated heterocycles. The van der Waals surface area contributed by atoms with E-state index >= 15 is 0 Å². The second kappa shape index (κ2) is 11.4. The predicted molar refractivity (Wildman–Crippen MR) is 111 cm³/mol. The maximum absolute atomic E-state index is 11.9. The Hall–Kier alpha value is -0.420. The highest BCUT2D eigenvalue weighted by Gasteiger charge is 2.35. The van der Waals surface area contributed by atoms with Gasteiger partial charge in [0.1, 0.15) is 5.25 Å². The van der Waals surface area contributed by atoms with Crippen LogP contribution in [0.15, 0.2) is 0 Å². The summed E-state index contributed by atoms with van der Waals surface area (Å²) in [7, 11) is -8.47. The van der Waals surface area contributed by atoms with E-state index in [-0.39, 0.29) is 32.0 Å². The molecular weight excluding hydrogens is 440 g/mol. The summed E-state index contributed by atoms with van der Waals surface area (Å²) in [4.78, 5) is 7.72. The van der Waals surface area contributed by atoms with E-state index in [1.54, 1.807) is 0 Å². The van der Waals surface area contributed by atoms with Gasteiger partial charge in [-0.2, -0.15) is 16.8 Å². The molecule has 2 aliphatic heterocycles. The standard InChI is InChI=1S/C16H34N4O8S2/c21-11-9-17-1-7-20(8-2-17)14-16(30(26,27)28)15(22)13-19-5-3-18(4-6-19)10-12-29(23,24)25/h15-16,21-22H,1-14H2,(H,23,24,25)(H,26,27,28). The number of rotatable bonds is 11. The Morgan fingerprint density at radius 3 is 1.57 bits per heavy atom. The Bertz CT molecular complexity index is 720. The van der Waals surface area contributed by atoms with E-state index < -0.39 is 31.6 Å². The van der Waals surface area contributed by atoms with Gasteiger partial charge in [-0.1, -0.05) is 0 Å². The number of aliphatic hydroxyl groups is 2. The molecule has 2 atom stereocenters. The van der Waals surface area contributed by atoms with Crippen LogP contribution >= 0.6 is 0 Å². The highest BCUT2D eigenvalue weighted by atomic mass is 32.2. The fraction of sp³-hybridized carbons (Fsp3) is 1.00. The van der Waals surface area contributed by atoms with Gasteiger partial charge in [0, 0.05) is 78.5 Å². The molecule has 0 aliphatic carbocycles. The Labute approximate surface area is 178 Å². The van der Waals surface area contributed by atoms with Crippen LogP contribution in [-0.4, -0.2) is 158 Å². The van der Waals surface area contributed by atoms with Crippen LogP contribution in [0.1, 0.15) is 0 Å². The van der Waals surface area contributed by atoms with Crippen LogP contribution in [0.3, 0.4) is 0 Å². The van der Waals surface area contributed by atoms with Crippen LogP contribution in [0.4, 0.5) is 0 Å². The summed E-state index contributed by atoms with van der Waals surface area (Å²) in [5, 5.41) is 18.2. The Morgan fingerprint density at radius 1 is 0.700 bits per heavy atom. The van der Waals surface area contributed by atoms with E-state index in [9.17, 15) is 26.5 Å². The maximum atomic E-state index is 11.9. The van der Waals surface area contributed by atoms with Crippen molar-refractivity contribution in [2.45, 2.75) is 11.4 Å². The zero-order chi connectivity index (χ0) is 22.4. The van der Waals surface area contributed by atoms with Crippen molar-refractivity contribution in [3.8, 4) is 0 Å². The second-order valence-electron chi connectivity index (χ2n) is 7.91. The highest BCUT2D eigenvalue weighted by molar-refractivity contribution is 7.86. The second-order valence-corrected chi connectivity index (χ2v) is 11.1.